The van der Waals surface area contributed by atoms with Gasteiger partial charge >= 0.3 is 5.97 Å². The molecule has 0 radical (unpaired) electrons. The fraction of sp³-hybridized carbons (Fsp3) is 0.323. The van der Waals surface area contributed by atoms with Crippen LogP contribution < -0.4 is 4.90 Å². The fourth-order valence-corrected chi connectivity index (χ4v) is 5.43. The van der Waals surface area contributed by atoms with Crippen molar-refractivity contribution in [1.82, 2.24) is 9.88 Å². The van der Waals surface area contributed by atoms with Gasteiger partial charge in [-0.3, -0.25) is 9.88 Å². The van der Waals surface area contributed by atoms with Crippen LogP contribution in [0.15, 0.2) is 65.2 Å². The summed E-state index contributed by atoms with van der Waals surface area (Å²) in [5.74, 6) is 0.319. The first kappa shape index (κ1) is 24.2. The van der Waals surface area contributed by atoms with Gasteiger partial charge in [-0.2, -0.15) is 5.26 Å². The van der Waals surface area contributed by atoms with Crippen molar-refractivity contribution in [3.05, 3.63) is 71.9 Å². The van der Waals surface area contributed by atoms with Crippen molar-refractivity contribution in [2.24, 2.45) is 0 Å². The van der Waals surface area contributed by atoms with E-state index in [1.54, 1.807) is 25.3 Å². The van der Waals surface area contributed by atoms with Crippen molar-refractivity contribution >= 4 is 22.8 Å². The molecule has 1 saturated carbocycles. The molecule has 1 saturated heterocycles. The molecule has 2 aromatic carbocycles. The van der Waals surface area contributed by atoms with Crippen LogP contribution in [0.3, 0.4) is 0 Å². The second kappa shape index (κ2) is 9.96. The van der Waals surface area contributed by atoms with Gasteiger partial charge in [0, 0.05) is 48.6 Å². The lowest BCUT2D eigenvalue weighted by atomic mass is 10.0. The summed E-state index contributed by atoms with van der Waals surface area (Å²) in [6, 6.07) is 20.8. The Morgan fingerprint density at radius 2 is 1.89 bits per heavy atom. The Bertz CT molecular complexity index is 1530. The van der Waals surface area contributed by atoms with Gasteiger partial charge in [0.2, 0.25) is 0 Å². The van der Waals surface area contributed by atoms with E-state index in [9.17, 15) is 10.1 Å². The van der Waals surface area contributed by atoms with Crippen molar-refractivity contribution in [3.63, 3.8) is 0 Å². The predicted octanol–water partition coefficient (Wildman–Crippen LogP) is 5.88. The van der Waals surface area contributed by atoms with Crippen molar-refractivity contribution in [2.75, 3.05) is 31.6 Å². The number of ether oxygens (including phenoxy) is 1. The highest BCUT2D eigenvalue weighted by Gasteiger charge is 2.35. The Hall–Kier alpha value is -4.15. The fourth-order valence-electron chi connectivity index (χ4n) is 5.43. The zero-order valence-corrected chi connectivity index (χ0v) is 21.7. The Morgan fingerprint density at radius 3 is 2.63 bits per heavy atom. The summed E-state index contributed by atoms with van der Waals surface area (Å²) in [6.07, 6.45) is 5.50. The molecule has 4 aromatic rings. The minimum atomic E-state index is -0.344. The third-order valence-electron chi connectivity index (χ3n) is 7.72. The van der Waals surface area contributed by atoms with Crippen molar-refractivity contribution < 1.29 is 13.9 Å². The SMILES string of the molecule is CCOC(=O)c1ccc(-c2cc3nccc(-c4ccc(N5CCC(N(C)C6CC6)C5)c(C#N)c4)c3o2)cc1. The van der Waals surface area contributed by atoms with E-state index in [0.717, 1.165) is 53.4 Å². The van der Waals surface area contributed by atoms with Gasteiger partial charge in [0.1, 0.15) is 17.3 Å². The van der Waals surface area contributed by atoms with Gasteiger partial charge < -0.3 is 14.1 Å². The van der Waals surface area contributed by atoms with Crippen LogP contribution in [0.1, 0.15) is 42.1 Å². The summed E-state index contributed by atoms with van der Waals surface area (Å²) < 4.78 is 11.4. The maximum atomic E-state index is 12.0. The van der Waals surface area contributed by atoms with E-state index in [1.165, 1.54) is 12.8 Å². The third-order valence-corrected chi connectivity index (χ3v) is 7.72. The van der Waals surface area contributed by atoms with Gasteiger partial charge in [0.15, 0.2) is 5.58 Å². The summed E-state index contributed by atoms with van der Waals surface area (Å²) in [4.78, 5) is 21.4. The van der Waals surface area contributed by atoms with E-state index in [1.807, 2.05) is 30.3 Å². The van der Waals surface area contributed by atoms with Gasteiger partial charge in [-0.15, -0.1) is 0 Å². The van der Waals surface area contributed by atoms with Gasteiger partial charge in [-0.1, -0.05) is 18.2 Å². The molecular weight excluding hydrogens is 476 g/mol. The van der Waals surface area contributed by atoms with E-state index in [0.29, 0.717) is 35.1 Å². The molecule has 192 valence electrons. The third kappa shape index (κ3) is 4.52. The number of carbonyl (C=O) groups is 1. The molecule has 0 spiro atoms. The van der Waals surface area contributed by atoms with Gasteiger partial charge in [0.25, 0.3) is 0 Å². The minimum absolute atomic E-state index is 0.337. The second-order valence-corrected chi connectivity index (χ2v) is 10.1. The number of nitrogens with zero attached hydrogens (tertiary/aromatic N) is 4. The number of aromatic nitrogens is 1. The number of furan rings is 1. The number of hydrogen-bond donors (Lipinski definition) is 0. The molecule has 1 unspecified atom stereocenters. The molecule has 2 aromatic heterocycles. The number of nitriles is 1. The number of pyridine rings is 1. The zero-order valence-electron chi connectivity index (χ0n) is 21.7. The lowest BCUT2D eigenvalue weighted by Gasteiger charge is -2.25. The highest BCUT2D eigenvalue weighted by Crippen LogP contribution is 2.37. The van der Waals surface area contributed by atoms with Crippen molar-refractivity contribution in [3.8, 4) is 28.5 Å². The maximum absolute atomic E-state index is 12.0. The predicted molar refractivity (Wildman–Crippen MR) is 147 cm³/mol. The van der Waals surface area contributed by atoms with Crippen LogP contribution in [-0.4, -0.2) is 54.7 Å². The Balaban J connectivity index is 1.28. The largest absolute Gasteiger partial charge is 0.462 e. The number of anilines is 1. The Labute approximate surface area is 222 Å². The molecule has 3 heterocycles. The average molecular weight is 507 g/mol. The van der Waals surface area contributed by atoms with Crippen LogP contribution in [0, 0.1) is 11.3 Å². The molecule has 38 heavy (non-hydrogen) atoms. The summed E-state index contributed by atoms with van der Waals surface area (Å²) in [5, 5.41) is 10.0. The lowest BCUT2D eigenvalue weighted by molar-refractivity contribution is 0.0526. The molecule has 2 fully saturated rings. The molecule has 2 aliphatic rings. The number of carbonyl (C=O) groups excluding carboxylic acids is 1. The highest BCUT2D eigenvalue weighted by molar-refractivity contribution is 5.94. The average Bonchev–Trinajstić information content (AvgIpc) is 3.52. The van der Waals surface area contributed by atoms with E-state index < -0.39 is 0 Å². The summed E-state index contributed by atoms with van der Waals surface area (Å²) in [6.45, 7) is 4.04. The number of fused-ring (bicyclic) bond motifs is 1. The summed E-state index contributed by atoms with van der Waals surface area (Å²) in [7, 11) is 2.24. The standard InChI is InChI=1S/C31H30N4O3/c1-3-37-31(36)21-6-4-20(5-7-21)29-17-27-30(38-29)26(12-14-33-27)22-8-11-28(23(16-22)18-32)35-15-13-25(19-35)34(2)24-9-10-24/h4-8,11-12,14,16-17,24-25H,3,9-10,13,15,19H2,1-2H3. The first-order valence-electron chi connectivity index (χ1n) is 13.2. The Kier molecular flexibility index (Phi) is 6.34. The monoisotopic (exact) mass is 506 g/mol. The molecule has 7 nitrogen and oxygen atoms in total. The van der Waals surface area contributed by atoms with Gasteiger partial charge in [0.05, 0.1) is 23.4 Å². The number of benzene rings is 2. The van der Waals surface area contributed by atoms with Crippen molar-refractivity contribution in [2.45, 2.75) is 38.3 Å². The summed E-state index contributed by atoms with van der Waals surface area (Å²) >= 11 is 0. The van der Waals surface area contributed by atoms with Gasteiger partial charge in [-0.05, 0) is 69.1 Å². The molecule has 1 atom stereocenters. The smallest absolute Gasteiger partial charge is 0.338 e. The minimum Gasteiger partial charge on any atom is -0.462 e. The number of likely N-dealkylation sites (N-methyl/N-ethyl adjacent to an activating group) is 1. The maximum Gasteiger partial charge on any atom is 0.338 e. The van der Waals surface area contributed by atoms with E-state index >= 15 is 0 Å². The molecule has 0 N–H and O–H groups in total. The van der Waals surface area contributed by atoms with Crippen LogP contribution in [0.25, 0.3) is 33.6 Å². The summed E-state index contributed by atoms with van der Waals surface area (Å²) in [5.41, 5.74) is 6.22. The quantitative estimate of drug-likeness (QED) is 0.289. The van der Waals surface area contributed by atoms with E-state index in [2.05, 4.69) is 40.0 Å². The first-order chi connectivity index (χ1) is 18.6. The zero-order chi connectivity index (χ0) is 26.2. The number of hydrogen-bond acceptors (Lipinski definition) is 7. The first-order valence-corrected chi connectivity index (χ1v) is 13.2. The molecule has 6 rings (SSSR count). The highest BCUT2D eigenvalue weighted by atomic mass is 16.5. The number of esters is 1. The lowest BCUT2D eigenvalue weighted by Crippen LogP contribution is -2.36. The molecular formula is C31H30N4O3. The molecule has 7 heteroatoms. The number of rotatable bonds is 7. The molecule has 0 bridgehead atoms. The molecule has 0 amide bonds. The second-order valence-electron chi connectivity index (χ2n) is 10.1. The normalized spacial score (nSPS) is 17.2. The van der Waals surface area contributed by atoms with Crippen molar-refractivity contribution in [1.29, 1.82) is 5.26 Å². The van der Waals surface area contributed by atoms with E-state index in [-0.39, 0.29) is 5.97 Å². The molecule has 1 aliphatic carbocycles. The van der Waals surface area contributed by atoms with Crippen LogP contribution in [0.2, 0.25) is 0 Å². The topological polar surface area (TPSA) is 82.6 Å². The molecule has 1 aliphatic heterocycles. The van der Waals surface area contributed by atoms with Crippen LogP contribution in [0.4, 0.5) is 5.69 Å². The van der Waals surface area contributed by atoms with Crippen LogP contribution in [0.5, 0.6) is 0 Å². The van der Waals surface area contributed by atoms with Crippen LogP contribution >= 0.6 is 0 Å². The van der Waals surface area contributed by atoms with E-state index in [4.69, 9.17) is 9.15 Å². The van der Waals surface area contributed by atoms with Crippen LogP contribution in [-0.2, 0) is 4.74 Å². The van der Waals surface area contributed by atoms with Gasteiger partial charge in [-0.25, -0.2) is 4.79 Å². The Morgan fingerprint density at radius 1 is 1.11 bits per heavy atom.